The van der Waals surface area contributed by atoms with E-state index in [0.717, 1.165) is 0 Å². The summed E-state index contributed by atoms with van der Waals surface area (Å²) in [5, 5.41) is 4.18. The number of terminal acetylenes is 1. The number of fused-ring (bicyclic) bond motifs is 1. The molecule has 0 saturated heterocycles. The Morgan fingerprint density at radius 3 is 2.62 bits per heavy atom. The van der Waals surface area contributed by atoms with Crippen LogP contribution in [0.15, 0.2) is 24.4 Å². The molecule has 0 amide bonds. The van der Waals surface area contributed by atoms with E-state index in [0.29, 0.717) is 0 Å². The average molecular weight is 172 g/mol. The highest BCUT2D eigenvalue weighted by atomic mass is 15.2. The maximum absolute atomic E-state index is 4.18. The molecule has 0 saturated carbocycles. The van der Waals surface area contributed by atoms with Crippen molar-refractivity contribution in [3.8, 4) is 12.8 Å². The van der Waals surface area contributed by atoms with E-state index in [2.05, 4.69) is 43.9 Å². The van der Waals surface area contributed by atoms with Gasteiger partial charge >= 0.3 is 0 Å². The van der Waals surface area contributed by atoms with Gasteiger partial charge in [0, 0.05) is 11.9 Å². The molecule has 0 atom stereocenters. The molecule has 0 N–H and O–H groups in total. The minimum absolute atomic E-state index is 1.17. The smallest absolute Gasteiger partial charge is 0.0667 e. The molecule has 0 radical (unpaired) electrons. The fourth-order valence-electron chi connectivity index (χ4n) is 1.38. The van der Waals surface area contributed by atoms with Crippen molar-refractivity contribution < 1.29 is 0 Å². The zero-order chi connectivity index (χ0) is 9.84. The predicted molar refractivity (Wildman–Crippen MR) is 54.6 cm³/mol. The van der Waals surface area contributed by atoms with Gasteiger partial charge in [-0.2, -0.15) is 5.10 Å². The number of pyridine rings is 1. The molecule has 0 aliphatic heterocycles. The number of hydrogen-bond acceptors (Lipinski definition) is 1. The zero-order valence-corrected chi connectivity index (χ0v) is 7.86. The van der Waals surface area contributed by atoms with E-state index in [1.165, 1.54) is 16.8 Å². The van der Waals surface area contributed by atoms with Gasteiger partial charge in [0.25, 0.3) is 0 Å². The molecular weight excluding hydrogens is 160 g/mol. The Morgan fingerprint density at radius 1 is 1.23 bits per heavy atom. The van der Waals surface area contributed by atoms with Crippen molar-refractivity contribution >= 4 is 5.52 Å². The normalized spacial score (nSPS) is 9.23. The Kier molecular flexibility index (Phi) is 2.71. The molecule has 0 fully saturated rings. The molecule has 2 heterocycles. The Balaban J connectivity index is 0.000000396. The first kappa shape index (κ1) is 9.34. The van der Waals surface area contributed by atoms with Gasteiger partial charge in [0.1, 0.15) is 0 Å². The highest BCUT2D eigenvalue weighted by Gasteiger charge is 1.96. The summed E-state index contributed by atoms with van der Waals surface area (Å²) < 4.78 is 1.94. The Bertz CT molecular complexity index is 424. The summed E-state index contributed by atoms with van der Waals surface area (Å²) in [5.41, 5.74) is 3.64. The zero-order valence-electron chi connectivity index (χ0n) is 7.86. The minimum Gasteiger partial charge on any atom is -0.238 e. The lowest BCUT2D eigenvalue weighted by Crippen LogP contribution is -1.92. The summed E-state index contributed by atoms with van der Waals surface area (Å²) in [7, 11) is 0. The van der Waals surface area contributed by atoms with E-state index in [1.54, 1.807) is 0 Å². The maximum Gasteiger partial charge on any atom is 0.0667 e. The summed E-state index contributed by atoms with van der Waals surface area (Å²) in [5.74, 6) is 0. The quantitative estimate of drug-likeness (QED) is 0.557. The van der Waals surface area contributed by atoms with Crippen LogP contribution in [-0.2, 0) is 0 Å². The number of aromatic nitrogens is 2. The largest absolute Gasteiger partial charge is 0.238 e. The van der Waals surface area contributed by atoms with Crippen LogP contribution in [0.3, 0.4) is 0 Å². The first-order chi connectivity index (χ1) is 6.27. The third-order valence-corrected chi connectivity index (χ3v) is 1.82. The topological polar surface area (TPSA) is 17.3 Å². The van der Waals surface area contributed by atoms with Crippen LogP contribution in [0.2, 0.25) is 0 Å². The van der Waals surface area contributed by atoms with Gasteiger partial charge in [0.15, 0.2) is 0 Å². The summed E-state index contributed by atoms with van der Waals surface area (Å²) in [4.78, 5) is 0. The first-order valence-corrected chi connectivity index (χ1v) is 4.02. The second-order valence-electron chi connectivity index (χ2n) is 2.84. The Labute approximate surface area is 78.2 Å². The molecule has 0 aromatic carbocycles. The van der Waals surface area contributed by atoms with Crippen LogP contribution in [0.4, 0.5) is 0 Å². The third kappa shape index (κ3) is 1.70. The van der Waals surface area contributed by atoms with Crippen molar-refractivity contribution in [1.82, 2.24) is 9.61 Å². The summed E-state index contributed by atoms with van der Waals surface area (Å²) >= 11 is 0. The first-order valence-electron chi connectivity index (χ1n) is 4.02. The minimum atomic E-state index is 1.17. The second kappa shape index (κ2) is 3.77. The Morgan fingerprint density at radius 2 is 1.92 bits per heavy atom. The molecule has 0 spiro atoms. The Hall–Kier alpha value is -1.75. The van der Waals surface area contributed by atoms with Crippen LogP contribution < -0.4 is 0 Å². The third-order valence-electron chi connectivity index (χ3n) is 1.82. The molecule has 2 nitrogen and oxygen atoms in total. The molecule has 0 aliphatic carbocycles. The number of hydrogen-bond donors (Lipinski definition) is 0. The molecule has 0 bridgehead atoms. The van der Waals surface area contributed by atoms with Gasteiger partial charge in [-0.3, -0.25) is 0 Å². The van der Waals surface area contributed by atoms with E-state index >= 15 is 0 Å². The fraction of sp³-hybridized carbons (Fsp3) is 0.182. The monoisotopic (exact) mass is 172 g/mol. The maximum atomic E-state index is 4.18. The lowest BCUT2D eigenvalue weighted by Gasteiger charge is -1.99. The van der Waals surface area contributed by atoms with E-state index in [4.69, 9.17) is 0 Å². The molecule has 13 heavy (non-hydrogen) atoms. The van der Waals surface area contributed by atoms with E-state index in [-0.39, 0.29) is 0 Å². The van der Waals surface area contributed by atoms with Crippen LogP contribution in [0.5, 0.6) is 0 Å². The van der Waals surface area contributed by atoms with E-state index < -0.39 is 0 Å². The van der Waals surface area contributed by atoms with Crippen LogP contribution in [0, 0.1) is 26.7 Å². The lowest BCUT2D eigenvalue weighted by molar-refractivity contribution is 0.911. The van der Waals surface area contributed by atoms with Gasteiger partial charge < -0.3 is 0 Å². The molecule has 66 valence electrons. The van der Waals surface area contributed by atoms with Gasteiger partial charge in [0.2, 0.25) is 0 Å². The molecule has 0 unspecified atom stereocenters. The van der Waals surface area contributed by atoms with Crippen molar-refractivity contribution in [2.24, 2.45) is 0 Å². The van der Waals surface area contributed by atoms with E-state index in [9.17, 15) is 0 Å². The molecular formula is C11H12N2. The fourth-order valence-corrected chi connectivity index (χ4v) is 1.38. The summed E-state index contributed by atoms with van der Waals surface area (Å²) in [6, 6.07) is 6.26. The summed E-state index contributed by atoms with van der Waals surface area (Å²) in [6.45, 7) is 4.16. The number of nitrogens with zero attached hydrogens (tertiary/aromatic N) is 2. The standard InChI is InChI=1S/C9H10N2.C2H2/c1-7-5-8(2)11-9(6-7)3-4-10-11;1-2/h3-6H,1-2H3;1-2H. The molecule has 2 aromatic heterocycles. The SMILES string of the molecule is C#C.Cc1cc(C)n2nccc2c1. The van der Waals surface area contributed by atoms with Crippen LogP contribution >= 0.6 is 0 Å². The summed E-state index contributed by atoms with van der Waals surface area (Å²) in [6.07, 6.45) is 9.82. The highest BCUT2D eigenvalue weighted by Crippen LogP contribution is 2.08. The second-order valence-corrected chi connectivity index (χ2v) is 2.84. The molecule has 2 heteroatoms. The van der Waals surface area contributed by atoms with Crippen LogP contribution in [0.1, 0.15) is 11.3 Å². The molecule has 2 rings (SSSR count). The molecule has 2 aromatic rings. The lowest BCUT2D eigenvalue weighted by atomic mass is 10.2. The number of rotatable bonds is 0. The van der Waals surface area contributed by atoms with Crippen LogP contribution in [0.25, 0.3) is 5.52 Å². The van der Waals surface area contributed by atoms with Crippen molar-refractivity contribution in [2.75, 3.05) is 0 Å². The molecule has 0 aliphatic rings. The van der Waals surface area contributed by atoms with Crippen molar-refractivity contribution in [3.05, 3.63) is 35.7 Å². The van der Waals surface area contributed by atoms with Gasteiger partial charge in [-0.05, 0) is 37.6 Å². The van der Waals surface area contributed by atoms with Gasteiger partial charge in [-0.25, -0.2) is 4.52 Å². The van der Waals surface area contributed by atoms with Crippen molar-refractivity contribution in [3.63, 3.8) is 0 Å². The highest BCUT2D eigenvalue weighted by molar-refractivity contribution is 5.48. The van der Waals surface area contributed by atoms with Crippen molar-refractivity contribution in [1.29, 1.82) is 0 Å². The van der Waals surface area contributed by atoms with Gasteiger partial charge in [0.05, 0.1) is 5.52 Å². The average Bonchev–Trinajstić information content (AvgIpc) is 2.55. The number of aryl methyl sites for hydroxylation is 2. The van der Waals surface area contributed by atoms with Crippen molar-refractivity contribution in [2.45, 2.75) is 13.8 Å². The van der Waals surface area contributed by atoms with Gasteiger partial charge in [-0.15, -0.1) is 12.8 Å². The van der Waals surface area contributed by atoms with Gasteiger partial charge in [-0.1, -0.05) is 0 Å². The van der Waals surface area contributed by atoms with E-state index in [1.807, 2.05) is 16.8 Å². The van der Waals surface area contributed by atoms with Crippen LogP contribution in [-0.4, -0.2) is 9.61 Å². The predicted octanol–water partition coefficient (Wildman–Crippen LogP) is 2.20.